The Hall–Kier alpha value is -1.80. The summed E-state index contributed by atoms with van der Waals surface area (Å²) in [5.41, 5.74) is 2.41. The van der Waals surface area contributed by atoms with E-state index in [0.717, 1.165) is 24.7 Å². The topological polar surface area (TPSA) is 13.7 Å². The van der Waals surface area contributed by atoms with Crippen molar-refractivity contribution in [2.45, 2.75) is 26.2 Å². The van der Waals surface area contributed by atoms with Crippen molar-refractivity contribution in [1.82, 2.24) is 0 Å². The van der Waals surface area contributed by atoms with Gasteiger partial charge in [0.25, 0.3) is 0 Å². The molecule has 2 atom stereocenters. The smallest absolute Gasteiger partial charge is 0.127 e. The molecule has 0 aromatic heterocycles. The quantitative estimate of drug-likeness (QED) is 0.807. The maximum absolute atomic E-state index is 6.10. The Morgan fingerprint density at radius 3 is 2.65 bits per heavy atom. The van der Waals surface area contributed by atoms with Crippen molar-refractivity contribution in [2.24, 2.45) is 5.92 Å². The molecular formula is C21H28NO+. The first kappa shape index (κ1) is 16.1. The summed E-state index contributed by atoms with van der Waals surface area (Å²) in [4.78, 5) is 1.75. The summed E-state index contributed by atoms with van der Waals surface area (Å²) in [5, 5.41) is 0. The predicted octanol–water partition coefficient (Wildman–Crippen LogP) is 3.44. The zero-order valence-corrected chi connectivity index (χ0v) is 14.1. The normalized spacial score (nSPS) is 21.1. The molecule has 1 aliphatic rings. The van der Waals surface area contributed by atoms with Crippen LogP contribution in [0.5, 0.6) is 5.75 Å². The van der Waals surface area contributed by atoms with E-state index in [0.29, 0.717) is 0 Å². The third kappa shape index (κ3) is 4.59. The lowest BCUT2D eigenvalue weighted by molar-refractivity contribution is -0.908. The maximum atomic E-state index is 6.10. The number of hydrogen-bond acceptors (Lipinski definition) is 1. The van der Waals surface area contributed by atoms with Crippen LogP contribution in [-0.4, -0.2) is 26.2 Å². The van der Waals surface area contributed by atoms with Gasteiger partial charge in [-0.3, -0.25) is 0 Å². The Bertz CT molecular complexity index is 596. The van der Waals surface area contributed by atoms with Crippen LogP contribution >= 0.6 is 0 Å². The van der Waals surface area contributed by atoms with Gasteiger partial charge in [0.1, 0.15) is 5.75 Å². The highest BCUT2D eigenvalue weighted by Gasteiger charge is 2.18. The molecule has 1 unspecified atom stereocenters. The Kier molecular flexibility index (Phi) is 5.71. The number of nitrogens with one attached hydrogen (secondary N) is 1. The van der Waals surface area contributed by atoms with E-state index in [-0.39, 0.29) is 0 Å². The van der Waals surface area contributed by atoms with Crippen LogP contribution in [0.2, 0.25) is 0 Å². The molecule has 0 spiro atoms. The van der Waals surface area contributed by atoms with Crippen molar-refractivity contribution in [3.05, 3.63) is 54.6 Å². The summed E-state index contributed by atoms with van der Waals surface area (Å²) in [5.74, 6) is 1.89. The molecule has 23 heavy (non-hydrogen) atoms. The molecule has 2 heteroatoms. The molecule has 1 heterocycles. The lowest BCUT2D eigenvalue weighted by Crippen LogP contribution is -3.13. The van der Waals surface area contributed by atoms with Crippen LogP contribution in [0.25, 0.3) is 11.1 Å². The third-order valence-corrected chi connectivity index (χ3v) is 4.77. The Labute approximate surface area is 140 Å². The van der Waals surface area contributed by atoms with Crippen LogP contribution in [0.15, 0.2) is 54.6 Å². The van der Waals surface area contributed by atoms with Gasteiger partial charge in [-0.25, -0.2) is 0 Å². The summed E-state index contributed by atoms with van der Waals surface area (Å²) < 4.78 is 6.10. The maximum Gasteiger partial charge on any atom is 0.127 e. The zero-order valence-electron chi connectivity index (χ0n) is 14.1. The van der Waals surface area contributed by atoms with Gasteiger partial charge in [0.2, 0.25) is 0 Å². The van der Waals surface area contributed by atoms with E-state index in [1.54, 1.807) is 4.90 Å². The molecule has 1 saturated heterocycles. The van der Waals surface area contributed by atoms with Gasteiger partial charge < -0.3 is 9.64 Å². The summed E-state index contributed by atoms with van der Waals surface area (Å²) in [6.07, 6.45) is 3.92. The van der Waals surface area contributed by atoms with Crippen LogP contribution in [0.1, 0.15) is 26.2 Å². The molecule has 0 aliphatic carbocycles. The third-order valence-electron chi connectivity index (χ3n) is 4.77. The van der Waals surface area contributed by atoms with Gasteiger partial charge in [-0.05, 0) is 24.5 Å². The fourth-order valence-electron chi connectivity index (χ4n) is 3.58. The van der Waals surface area contributed by atoms with Gasteiger partial charge >= 0.3 is 0 Å². The monoisotopic (exact) mass is 310 g/mol. The van der Waals surface area contributed by atoms with E-state index in [4.69, 9.17) is 4.74 Å². The minimum absolute atomic E-state index is 0.807. The van der Waals surface area contributed by atoms with Crippen molar-refractivity contribution >= 4 is 0 Å². The Morgan fingerprint density at radius 2 is 1.83 bits per heavy atom. The number of hydrogen-bond donors (Lipinski definition) is 1. The lowest BCUT2D eigenvalue weighted by Gasteiger charge is -2.27. The molecule has 2 aromatic carbocycles. The zero-order chi connectivity index (χ0) is 15.9. The van der Waals surface area contributed by atoms with Gasteiger partial charge in [-0.2, -0.15) is 0 Å². The van der Waals surface area contributed by atoms with Crippen LogP contribution in [-0.2, 0) is 0 Å². The van der Waals surface area contributed by atoms with Crippen molar-refractivity contribution in [3.63, 3.8) is 0 Å². The summed E-state index contributed by atoms with van der Waals surface area (Å²) in [6, 6.07) is 18.8. The van der Waals surface area contributed by atoms with Crippen molar-refractivity contribution in [2.75, 3.05) is 26.2 Å². The summed E-state index contributed by atoms with van der Waals surface area (Å²) >= 11 is 0. The first-order chi connectivity index (χ1) is 11.3. The lowest BCUT2D eigenvalue weighted by atomic mass is 10.0. The molecule has 2 aromatic rings. The van der Waals surface area contributed by atoms with Gasteiger partial charge in [-0.1, -0.05) is 55.5 Å². The van der Waals surface area contributed by atoms with Crippen molar-refractivity contribution in [1.29, 1.82) is 0 Å². The second-order valence-electron chi connectivity index (χ2n) is 6.77. The fourth-order valence-corrected chi connectivity index (χ4v) is 3.58. The van der Waals surface area contributed by atoms with Crippen LogP contribution in [0.4, 0.5) is 0 Å². The van der Waals surface area contributed by atoms with Crippen LogP contribution < -0.4 is 9.64 Å². The first-order valence-electron chi connectivity index (χ1n) is 8.94. The molecule has 1 fully saturated rings. The number of ether oxygens (including phenoxy) is 1. The SMILES string of the molecule is C[C@@H]1CCC[NH+](CCCOc2ccccc2-c2ccccc2)C1. The number of quaternary nitrogens is 1. The van der Waals surface area contributed by atoms with E-state index in [9.17, 15) is 0 Å². The highest BCUT2D eigenvalue weighted by Crippen LogP contribution is 2.29. The van der Waals surface area contributed by atoms with Gasteiger partial charge in [-0.15, -0.1) is 0 Å². The predicted molar refractivity (Wildman–Crippen MR) is 96.0 cm³/mol. The van der Waals surface area contributed by atoms with Crippen molar-refractivity contribution in [3.8, 4) is 16.9 Å². The van der Waals surface area contributed by atoms with E-state index < -0.39 is 0 Å². The molecule has 1 N–H and O–H groups in total. The molecule has 0 amide bonds. The first-order valence-corrected chi connectivity index (χ1v) is 8.94. The number of para-hydroxylation sites is 1. The van der Waals surface area contributed by atoms with E-state index >= 15 is 0 Å². The van der Waals surface area contributed by atoms with Crippen molar-refractivity contribution < 1.29 is 9.64 Å². The fraction of sp³-hybridized carbons (Fsp3) is 0.429. The molecule has 3 rings (SSSR count). The Balaban J connectivity index is 1.53. The number of rotatable bonds is 6. The Morgan fingerprint density at radius 1 is 1.04 bits per heavy atom. The molecule has 0 bridgehead atoms. The number of piperidine rings is 1. The van der Waals surface area contributed by atoms with Crippen LogP contribution in [0.3, 0.4) is 0 Å². The number of benzene rings is 2. The summed E-state index contributed by atoms with van der Waals surface area (Å²) in [7, 11) is 0. The molecule has 2 nitrogen and oxygen atoms in total. The van der Waals surface area contributed by atoms with Gasteiger partial charge in [0.05, 0.1) is 26.2 Å². The average molecular weight is 310 g/mol. The summed E-state index contributed by atoms with van der Waals surface area (Å²) in [6.45, 7) is 7.09. The molecular weight excluding hydrogens is 282 g/mol. The molecule has 0 radical (unpaired) electrons. The minimum Gasteiger partial charge on any atom is -0.493 e. The molecule has 1 aliphatic heterocycles. The molecule has 0 saturated carbocycles. The second kappa shape index (κ2) is 8.16. The second-order valence-corrected chi connectivity index (χ2v) is 6.77. The standard InChI is InChI=1S/C21H27NO/c1-18-9-7-14-22(17-18)15-8-16-23-21-13-6-5-12-20(21)19-10-3-2-4-11-19/h2-6,10-13,18H,7-9,14-17H2,1H3/p+1/t18-/m1/s1. The number of likely N-dealkylation sites (tertiary alicyclic amines) is 1. The molecule has 122 valence electrons. The highest BCUT2D eigenvalue weighted by atomic mass is 16.5. The highest BCUT2D eigenvalue weighted by molar-refractivity contribution is 5.70. The van der Waals surface area contributed by atoms with Gasteiger partial charge in [0.15, 0.2) is 0 Å². The van der Waals surface area contributed by atoms with Crippen LogP contribution in [0, 0.1) is 5.92 Å². The average Bonchev–Trinajstić information content (AvgIpc) is 2.60. The van der Waals surface area contributed by atoms with E-state index in [1.807, 2.05) is 0 Å². The minimum atomic E-state index is 0.807. The van der Waals surface area contributed by atoms with E-state index in [1.165, 1.54) is 43.6 Å². The van der Waals surface area contributed by atoms with Gasteiger partial charge in [0, 0.05) is 17.9 Å². The largest absolute Gasteiger partial charge is 0.493 e. The van der Waals surface area contributed by atoms with E-state index in [2.05, 4.69) is 61.5 Å².